The summed E-state index contributed by atoms with van der Waals surface area (Å²) in [5.41, 5.74) is 8.30. The first-order valence-corrected chi connectivity index (χ1v) is 11.5. The fourth-order valence-electron chi connectivity index (χ4n) is 5.09. The standard InChI is InChI=1S/C27H29N3O2/c1-17-11-22-16-30(25-5-3-4-6-26(25)31)27(32)23(22)14-21(17)13-19-7-8-24(29-15-19)20-9-10-28-18(2)12-20/h7-12,14-15,25-26,31H,3-6,13,16H2,1-2H3/t25-,26-/m1/s1. The van der Waals surface area contributed by atoms with Gasteiger partial charge in [-0.2, -0.15) is 0 Å². The molecule has 1 amide bonds. The summed E-state index contributed by atoms with van der Waals surface area (Å²) in [5, 5.41) is 10.4. The molecule has 2 atom stereocenters. The first-order chi connectivity index (χ1) is 15.5. The molecule has 1 aliphatic heterocycles. The van der Waals surface area contributed by atoms with Gasteiger partial charge >= 0.3 is 0 Å². The number of aryl methyl sites for hydroxylation is 2. The molecular formula is C27H29N3O2. The number of hydrogen-bond donors (Lipinski definition) is 1. The van der Waals surface area contributed by atoms with Gasteiger partial charge in [-0.1, -0.05) is 25.0 Å². The normalized spacial score (nSPS) is 20.5. The zero-order chi connectivity index (χ0) is 22.2. The smallest absolute Gasteiger partial charge is 0.254 e. The second kappa shape index (κ2) is 8.47. The van der Waals surface area contributed by atoms with Crippen molar-refractivity contribution in [3.63, 3.8) is 0 Å². The molecule has 0 bridgehead atoms. The van der Waals surface area contributed by atoms with Gasteiger partial charge < -0.3 is 10.0 Å². The van der Waals surface area contributed by atoms with Crippen molar-refractivity contribution < 1.29 is 9.90 Å². The maximum atomic E-state index is 13.2. The summed E-state index contributed by atoms with van der Waals surface area (Å²) >= 11 is 0. The number of carbonyl (C=O) groups excluding carboxylic acids is 1. The van der Waals surface area contributed by atoms with Gasteiger partial charge in [0.15, 0.2) is 0 Å². The highest BCUT2D eigenvalue weighted by Crippen LogP contribution is 2.33. The molecule has 3 heterocycles. The minimum absolute atomic E-state index is 0.0547. The SMILES string of the molecule is Cc1cc(-c2ccc(Cc3cc4c(cc3C)CN([C@@H]3CCCC[C@H]3O)C4=O)cn2)ccn1. The number of aliphatic hydroxyl groups excluding tert-OH is 1. The highest BCUT2D eigenvalue weighted by molar-refractivity contribution is 5.99. The number of benzene rings is 1. The van der Waals surface area contributed by atoms with Crippen LogP contribution in [0.1, 0.15) is 64.0 Å². The first-order valence-electron chi connectivity index (χ1n) is 11.5. The van der Waals surface area contributed by atoms with E-state index in [9.17, 15) is 9.90 Å². The summed E-state index contributed by atoms with van der Waals surface area (Å²) in [6.07, 6.45) is 7.86. The molecule has 0 saturated heterocycles. The molecule has 5 nitrogen and oxygen atoms in total. The van der Waals surface area contributed by atoms with Gasteiger partial charge in [-0.15, -0.1) is 0 Å². The fraction of sp³-hybridized carbons (Fsp3) is 0.370. The van der Waals surface area contributed by atoms with E-state index in [4.69, 9.17) is 0 Å². The van der Waals surface area contributed by atoms with E-state index in [-0.39, 0.29) is 11.9 Å². The van der Waals surface area contributed by atoms with Gasteiger partial charge in [-0.05, 0) is 79.6 Å². The third kappa shape index (κ3) is 3.93. The van der Waals surface area contributed by atoms with Crippen molar-refractivity contribution in [2.24, 2.45) is 0 Å². The molecule has 0 unspecified atom stereocenters. The molecule has 0 radical (unpaired) electrons. The Balaban J connectivity index is 1.36. The number of nitrogens with zero attached hydrogens (tertiary/aromatic N) is 3. The van der Waals surface area contributed by atoms with Crippen LogP contribution in [0.4, 0.5) is 0 Å². The lowest BCUT2D eigenvalue weighted by Crippen LogP contribution is -2.45. The van der Waals surface area contributed by atoms with Gasteiger partial charge in [0, 0.05) is 35.8 Å². The van der Waals surface area contributed by atoms with Crippen LogP contribution in [0.2, 0.25) is 0 Å². The average Bonchev–Trinajstić information content (AvgIpc) is 3.10. The molecule has 1 fully saturated rings. The summed E-state index contributed by atoms with van der Waals surface area (Å²) < 4.78 is 0. The van der Waals surface area contributed by atoms with Crippen molar-refractivity contribution in [2.45, 2.75) is 64.6 Å². The van der Waals surface area contributed by atoms with Crippen LogP contribution in [0, 0.1) is 13.8 Å². The second-order valence-electron chi connectivity index (χ2n) is 9.20. The molecule has 1 saturated carbocycles. The summed E-state index contributed by atoms with van der Waals surface area (Å²) in [4.78, 5) is 24.0. The lowest BCUT2D eigenvalue weighted by molar-refractivity contribution is 0.0191. The number of pyridine rings is 2. The van der Waals surface area contributed by atoms with E-state index in [2.05, 4.69) is 35.1 Å². The number of fused-ring (bicyclic) bond motifs is 1. The van der Waals surface area contributed by atoms with Gasteiger partial charge in [-0.25, -0.2) is 0 Å². The van der Waals surface area contributed by atoms with E-state index >= 15 is 0 Å². The molecule has 5 rings (SSSR count). The van der Waals surface area contributed by atoms with Crippen molar-refractivity contribution >= 4 is 5.91 Å². The van der Waals surface area contributed by atoms with E-state index in [1.807, 2.05) is 36.2 Å². The Labute approximate surface area is 189 Å². The van der Waals surface area contributed by atoms with E-state index in [0.717, 1.165) is 71.3 Å². The number of aliphatic hydroxyl groups is 1. The van der Waals surface area contributed by atoms with E-state index < -0.39 is 6.10 Å². The molecule has 1 N–H and O–H groups in total. The zero-order valence-corrected chi connectivity index (χ0v) is 18.7. The highest BCUT2D eigenvalue weighted by atomic mass is 16.3. The molecule has 1 aliphatic carbocycles. The third-order valence-electron chi connectivity index (χ3n) is 6.90. The highest BCUT2D eigenvalue weighted by Gasteiger charge is 2.37. The Morgan fingerprint density at radius 1 is 1.06 bits per heavy atom. The third-order valence-corrected chi connectivity index (χ3v) is 6.90. The van der Waals surface area contributed by atoms with Crippen LogP contribution in [0.15, 0.2) is 48.8 Å². The number of hydrogen-bond acceptors (Lipinski definition) is 4. The predicted octanol–water partition coefficient (Wildman–Crippen LogP) is 4.61. The van der Waals surface area contributed by atoms with Crippen LogP contribution in [0.25, 0.3) is 11.3 Å². The van der Waals surface area contributed by atoms with Crippen LogP contribution < -0.4 is 0 Å². The molecule has 5 heteroatoms. The van der Waals surface area contributed by atoms with E-state index in [0.29, 0.717) is 6.54 Å². The van der Waals surface area contributed by atoms with Crippen LogP contribution in [0.5, 0.6) is 0 Å². The molecule has 2 aromatic heterocycles. The van der Waals surface area contributed by atoms with Crippen LogP contribution in [-0.4, -0.2) is 38.0 Å². The van der Waals surface area contributed by atoms with Crippen molar-refractivity contribution in [3.8, 4) is 11.3 Å². The van der Waals surface area contributed by atoms with Crippen molar-refractivity contribution in [1.82, 2.24) is 14.9 Å². The minimum Gasteiger partial charge on any atom is -0.391 e. The summed E-state index contributed by atoms with van der Waals surface area (Å²) in [5.74, 6) is 0.0636. The fourth-order valence-corrected chi connectivity index (χ4v) is 5.09. The lowest BCUT2D eigenvalue weighted by atomic mass is 9.91. The molecular weight excluding hydrogens is 398 g/mol. The topological polar surface area (TPSA) is 66.3 Å². The first kappa shape index (κ1) is 20.8. The Morgan fingerprint density at radius 2 is 1.91 bits per heavy atom. The van der Waals surface area contributed by atoms with Crippen molar-refractivity contribution in [1.29, 1.82) is 0 Å². The van der Waals surface area contributed by atoms with E-state index in [1.54, 1.807) is 6.20 Å². The van der Waals surface area contributed by atoms with Gasteiger partial charge in [0.25, 0.3) is 5.91 Å². The van der Waals surface area contributed by atoms with Crippen LogP contribution >= 0.6 is 0 Å². The van der Waals surface area contributed by atoms with Crippen LogP contribution in [-0.2, 0) is 13.0 Å². The quantitative estimate of drug-likeness (QED) is 0.660. The maximum Gasteiger partial charge on any atom is 0.254 e. The zero-order valence-electron chi connectivity index (χ0n) is 18.7. The van der Waals surface area contributed by atoms with Gasteiger partial charge in [0.1, 0.15) is 0 Å². The summed E-state index contributed by atoms with van der Waals surface area (Å²) in [6, 6.07) is 12.3. The molecule has 0 spiro atoms. The van der Waals surface area contributed by atoms with Crippen molar-refractivity contribution in [2.75, 3.05) is 0 Å². The lowest BCUT2D eigenvalue weighted by Gasteiger charge is -2.35. The molecule has 32 heavy (non-hydrogen) atoms. The maximum absolute atomic E-state index is 13.2. The average molecular weight is 428 g/mol. The van der Waals surface area contributed by atoms with Crippen LogP contribution in [0.3, 0.4) is 0 Å². The number of aromatic nitrogens is 2. The Morgan fingerprint density at radius 3 is 2.66 bits per heavy atom. The second-order valence-corrected chi connectivity index (χ2v) is 9.20. The monoisotopic (exact) mass is 427 g/mol. The number of rotatable bonds is 4. The molecule has 164 valence electrons. The van der Waals surface area contributed by atoms with Gasteiger partial charge in [-0.3, -0.25) is 14.8 Å². The molecule has 1 aromatic carbocycles. The Hall–Kier alpha value is -3.05. The van der Waals surface area contributed by atoms with Gasteiger partial charge in [0.05, 0.1) is 17.8 Å². The Bertz CT molecular complexity index is 1160. The number of amides is 1. The van der Waals surface area contributed by atoms with Gasteiger partial charge in [0.2, 0.25) is 0 Å². The number of carbonyl (C=O) groups is 1. The molecule has 3 aromatic rings. The predicted molar refractivity (Wildman–Crippen MR) is 124 cm³/mol. The summed E-state index contributed by atoms with van der Waals surface area (Å²) in [7, 11) is 0. The molecule has 2 aliphatic rings. The van der Waals surface area contributed by atoms with Crippen molar-refractivity contribution in [3.05, 3.63) is 82.3 Å². The largest absolute Gasteiger partial charge is 0.391 e. The van der Waals surface area contributed by atoms with E-state index in [1.165, 1.54) is 5.56 Å². The Kier molecular flexibility index (Phi) is 5.51. The summed E-state index contributed by atoms with van der Waals surface area (Å²) in [6.45, 7) is 4.70. The minimum atomic E-state index is -0.406.